The Bertz CT molecular complexity index is 986. The van der Waals surface area contributed by atoms with Crippen LogP contribution in [0.25, 0.3) is 5.69 Å². The third-order valence-corrected chi connectivity index (χ3v) is 4.84. The molecule has 1 heterocycles. The highest BCUT2D eigenvalue weighted by atomic mass is 35.5. The van der Waals surface area contributed by atoms with Gasteiger partial charge in [0.15, 0.2) is 0 Å². The van der Waals surface area contributed by atoms with Gasteiger partial charge >= 0.3 is 0 Å². The van der Waals surface area contributed by atoms with Crippen molar-refractivity contribution in [3.05, 3.63) is 77.8 Å². The number of aromatic nitrogens is 2. The van der Waals surface area contributed by atoms with Gasteiger partial charge in [-0.3, -0.25) is 14.8 Å². The number of nitrogens with one attached hydrogen (secondary N) is 2. The minimum Gasteiger partial charge on any atom is -0.295 e. The predicted octanol–water partition coefficient (Wildman–Crippen LogP) is 2.15. The zero-order valence-corrected chi connectivity index (χ0v) is 14.3. The third kappa shape index (κ3) is 3.87. The number of para-hydroxylation sites is 1. The number of carbonyl (C=O) groups excluding carboxylic acids is 1. The quantitative estimate of drug-likeness (QED) is 0.667. The third-order valence-electron chi connectivity index (χ3n) is 3.33. The zero-order chi connectivity index (χ0) is 17.9. The van der Waals surface area contributed by atoms with Gasteiger partial charge in [-0.2, -0.15) is 0 Å². The lowest BCUT2D eigenvalue weighted by molar-refractivity contribution is 0.0938. The number of hydrogen-bond acceptors (Lipinski definition) is 4. The number of nitrogens with zero attached hydrogens (tertiary/aromatic N) is 2. The molecule has 128 valence electrons. The first-order chi connectivity index (χ1) is 12.0. The van der Waals surface area contributed by atoms with Crippen LogP contribution >= 0.6 is 11.6 Å². The van der Waals surface area contributed by atoms with Crippen molar-refractivity contribution in [1.29, 1.82) is 0 Å². The molecule has 0 aliphatic carbocycles. The van der Waals surface area contributed by atoms with E-state index in [4.69, 9.17) is 11.6 Å². The van der Waals surface area contributed by atoms with E-state index in [9.17, 15) is 13.2 Å². The van der Waals surface area contributed by atoms with E-state index in [0.717, 1.165) is 5.69 Å². The van der Waals surface area contributed by atoms with E-state index < -0.39 is 15.9 Å². The molecule has 0 fully saturated rings. The van der Waals surface area contributed by atoms with Crippen molar-refractivity contribution in [2.45, 2.75) is 4.90 Å². The first-order valence-electron chi connectivity index (χ1n) is 7.13. The number of rotatable bonds is 5. The van der Waals surface area contributed by atoms with Crippen LogP contribution in [0.4, 0.5) is 0 Å². The molecule has 0 aliphatic rings. The maximum atomic E-state index is 12.3. The van der Waals surface area contributed by atoms with Gasteiger partial charge in [0.05, 0.1) is 17.4 Å². The molecule has 0 spiro atoms. The standard InChI is InChI=1S/C16H13ClN4O3S/c17-12-6-8-14(9-7-12)25(23,24)20-19-16(22)15-10-18-11-21(15)13-4-2-1-3-5-13/h1-11,20H,(H,19,22). The molecule has 2 aromatic carbocycles. The first-order valence-corrected chi connectivity index (χ1v) is 8.99. The van der Waals surface area contributed by atoms with Crippen LogP contribution in [0.3, 0.4) is 0 Å². The predicted molar refractivity (Wildman–Crippen MR) is 92.8 cm³/mol. The van der Waals surface area contributed by atoms with Crippen molar-refractivity contribution in [3.8, 4) is 5.69 Å². The van der Waals surface area contributed by atoms with Crippen molar-refractivity contribution < 1.29 is 13.2 Å². The lowest BCUT2D eigenvalue weighted by Crippen LogP contribution is -2.42. The van der Waals surface area contributed by atoms with Crippen molar-refractivity contribution >= 4 is 27.5 Å². The fourth-order valence-corrected chi connectivity index (χ4v) is 3.07. The SMILES string of the molecule is O=C(NNS(=O)(=O)c1ccc(Cl)cc1)c1cncn1-c1ccccc1. The van der Waals surface area contributed by atoms with Crippen LogP contribution in [-0.2, 0) is 10.0 Å². The summed E-state index contributed by atoms with van der Waals surface area (Å²) in [5, 5.41) is 0.412. The van der Waals surface area contributed by atoms with Crippen LogP contribution in [0, 0.1) is 0 Å². The smallest absolute Gasteiger partial charge is 0.284 e. The number of sulfonamides is 1. The minimum atomic E-state index is -3.91. The number of hydrazine groups is 1. The monoisotopic (exact) mass is 376 g/mol. The van der Waals surface area contributed by atoms with Crippen molar-refractivity contribution in [2.75, 3.05) is 0 Å². The minimum absolute atomic E-state index is 0.0197. The fraction of sp³-hybridized carbons (Fsp3) is 0. The lowest BCUT2D eigenvalue weighted by atomic mass is 10.3. The average Bonchev–Trinajstić information content (AvgIpc) is 3.11. The van der Waals surface area contributed by atoms with Gasteiger partial charge in [-0.25, -0.2) is 13.4 Å². The van der Waals surface area contributed by atoms with Crippen LogP contribution in [0.5, 0.6) is 0 Å². The molecule has 3 rings (SSSR count). The highest BCUT2D eigenvalue weighted by Crippen LogP contribution is 2.14. The van der Waals surface area contributed by atoms with Gasteiger partial charge in [0.25, 0.3) is 15.9 Å². The topological polar surface area (TPSA) is 93.1 Å². The summed E-state index contributed by atoms with van der Waals surface area (Å²) in [5.41, 5.74) is 3.09. The highest BCUT2D eigenvalue weighted by Gasteiger charge is 2.18. The summed E-state index contributed by atoms with van der Waals surface area (Å²) in [6.45, 7) is 0. The fourth-order valence-electron chi connectivity index (χ4n) is 2.11. The van der Waals surface area contributed by atoms with Crippen LogP contribution in [0.2, 0.25) is 5.02 Å². The number of carbonyl (C=O) groups is 1. The van der Waals surface area contributed by atoms with Crippen LogP contribution < -0.4 is 10.3 Å². The van der Waals surface area contributed by atoms with E-state index in [-0.39, 0.29) is 10.6 Å². The molecule has 0 saturated heterocycles. The van der Waals surface area contributed by atoms with E-state index in [1.807, 2.05) is 23.0 Å². The highest BCUT2D eigenvalue weighted by molar-refractivity contribution is 7.89. The van der Waals surface area contributed by atoms with Gasteiger partial charge in [-0.05, 0) is 36.4 Å². The summed E-state index contributed by atoms with van der Waals surface area (Å²) in [5.74, 6) is -0.640. The van der Waals surface area contributed by atoms with Gasteiger partial charge in [0.2, 0.25) is 0 Å². The summed E-state index contributed by atoms with van der Waals surface area (Å²) in [6, 6.07) is 14.7. The molecule has 25 heavy (non-hydrogen) atoms. The Hall–Kier alpha value is -2.68. The number of halogens is 1. The summed E-state index contributed by atoms with van der Waals surface area (Å²) in [4.78, 5) is 18.3. The van der Waals surface area contributed by atoms with Gasteiger partial charge < -0.3 is 0 Å². The normalized spacial score (nSPS) is 11.2. The Kier molecular flexibility index (Phi) is 4.84. The number of hydrogen-bond donors (Lipinski definition) is 2. The molecule has 0 radical (unpaired) electrons. The maximum Gasteiger partial charge on any atom is 0.284 e. The second kappa shape index (κ2) is 7.06. The van der Waals surface area contributed by atoms with Gasteiger partial charge in [-0.15, -0.1) is 4.83 Å². The molecule has 0 saturated carbocycles. The van der Waals surface area contributed by atoms with Crippen LogP contribution in [0.1, 0.15) is 10.5 Å². The summed E-state index contributed by atoms with van der Waals surface area (Å²) >= 11 is 5.74. The number of benzene rings is 2. The van der Waals surface area contributed by atoms with Gasteiger partial charge in [-0.1, -0.05) is 29.8 Å². The summed E-state index contributed by atoms with van der Waals surface area (Å²) in [7, 11) is -3.91. The molecule has 1 aromatic heterocycles. The Labute approximate surface area is 149 Å². The lowest BCUT2D eigenvalue weighted by Gasteiger charge is -2.10. The van der Waals surface area contributed by atoms with Crippen molar-refractivity contribution in [2.24, 2.45) is 0 Å². The first kappa shape index (κ1) is 17.2. The average molecular weight is 377 g/mol. The second-order valence-electron chi connectivity index (χ2n) is 5.00. The number of amides is 1. The Balaban J connectivity index is 1.76. The molecule has 3 aromatic rings. The molecule has 7 nitrogen and oxygen atoms in total. The molecule has 2 N–H and O–H groups in total. The molecule has 1 amide bonds. The second-order valence-corrected chi connectivity index (χ2v) is 7.12. The summed E-state index contributed by atoms with van der Waals surface area (Å²) < 4.78 is 25.9. The summed E-state index contributed by atoms with van der Waals surface area (Å²) in [6.07, 6.45) is 2.82. The van der Waals surface area contributed by atoms with E-state index in [1.165, 1.54) is 36.8 Å². The van der Waals surface area contributed by atoms with E-state index in [2.05, 4.69) is 10.4 Å². The van der Waals surface area contributed by atoms with E-state index in [1.54, 1.807) is 16.7 Å². The van der Waals surface area contributed by atoms with Crippen LogP contribution in [0.15, 0.2) is 72.0 Å². The maximum absolute atomic E-state index is 12.3. The van der Waals surface area contributed by atoms with Gasteiger partial charge in [0.1, 0.15) is 5.69 Å². The molecule has 0 atom stereocenters. The molecule has 9 heteroatoms. The number of imidazole rings is 1. The Morgan fingerprint density at radius 1 is 1.04 bits per heavy atom. The van der Waals surface area contributed by atoms with Gasteiger partial charge in [0, 0.05) is 10.7 Å². The largest absolute Gasteiger partial charge is 0.295 e. The Morgan fingerprint density at radius 3 is 2.40 bits per heavy atom. The van der Waals surface area contributed by atoms with Crippen molar-refractivity contribution in [3.63, 3.8) is 0 Å². The zero-order valence-electron chi connectivity index (χ0n) is 12.8. The van der Waals surface area contributed by atoms with Crippen LogP contribution in [-0.4, -0.2) is 23.9 Å². The van der Waals surface area contributed by atoms with E-state index in [0.29, 0.717) is 5.02 Å². The Morgan fingerprint density at radius 2 is 1.72 bits per heavy atom. The van der Waals surface area contributed by atoms with Crippen molar-refractivity contribution in [1.82, 2.24) is 19.8 Å². The molecule has 0 unspecified atom stereocenters. The molecule has 0 aliphatic heterocycles. The van der Waals surface area contributed by atoms with E-state index >= 15 is 0 Å². The molecule has 0 bridgehead atoms. The molecular weight excluding hydrogens is 364 g/mol. The molecular formula is C16H13ClN4O3S.